The number of hydrogen-bond acceptors (Lipinski definition) is 2. The second-order valence-corrected chi connectivity index (χ2v) is 7.44. The average Bonchev–Trinajstić information content (AvgIpc) is 2.80. The van der Waals surface area contributed by atoms with Crippen LogP contribution < -0.4 is 0 Å². The Labute approximate surface area is 148 Å². The Balaban J connectivity index is 1.52. The van der Waals surface area contributed by atoms with Gasteiger partial charge in [-0.2, -0.15) is 0 Å². The van der Waals surface area contributed by atoms with Crippen molar-refractivity contribution in [1.82, 2.24) is 14.9 Å². The predicted molar refractivity (Wildman–Crippen MR) is 103 cm³/mol. The summed E-state index contributed by atoms with van der Waals surface area (Å²) in [6.45, 7) is 5.60. The van der Waals surface area contributed by atoms with Gasteiger partial charge < -0.3 is 4.98 Å². The molecule has 2 bridgehead atoms. The van der Waals surface area contributed by atoms with E-state index in [0.717, 1.165) is 23.7 Å². The smallest absolute Gasteiger partial charge is 0.0459 e. The van der Waals surface area contributed by atoms with E-state index in [1.165, 1.54) is 53.7 Å². The molecule has 3 nitrogen and oxygen atoms in total. The first kappa shape index (κ1) is 14.9. The number of piperidine rings is 1. The van der Waals surface area contributed by atoms with Crippen molar-refractivity contribution in [1.29, 1.82) is 0 Å². The first-order valence-electron chi connectivity index (χ1n) is 9.24. The molecule has 3 aromatic rings. The lowest BCUT2D eigenvalue weighted by Crippen LogP contribution is -2.28. The Kier molecular flexibility index (Phi) is 3.49. The average molecular weight is 329 g/mol. The third-order valence-electron chi connectivity index (χ3n) is 5.74. The van der Waals surface area contributed by atoms with Crippen molar-refractivity contribution in [3.63, 3.8) is 0 Å². The molecular formula is C22H23N3. The minimum Gasteiger partial charge on any atom is -0.358 e. The molecule has 1 aromatic carbocycles. The highest BCUT2D eigenvalue weighted by Gasteiger charge is 2.30. The molecule has 1 saturated heterocycles. The highest BCUT2D eigenvalue weighted by Crippen LogP contribution is 2.39. The molecule has 3 aliphatic heterocycles. The summed E-state index contributed by atoms with van der Waals surface area (Å²) in [7, 11) is 0. The second kappa shape index (κ2) is 5.85. The SMILES string of the molecule is Cc1ccc(/C=C/c2ccc3[nH]c4c(c3c2)CN2CCC4CC2)cn1. The summed E-state index contributed by atoms with van der Waals surface area (Å²) in [5, 5.41) is 1.40. The Morgan fingerprint density at radius 2 is 1.88 bits per heavy atom. The molecule has 0 amide bonds. The predicted octanol–water partition coefficient (Wildman–Crippen LogP) is 4.73. The van der Waals surface area contributed by atoms with Gasteiger partial charge in [0.25, 0.3) is 0 Å². The van der Waals surface area contributed by atoms with Crippen LogP contribution in [0.25, 0.3) is 23.1 Å². The summed E-state index contributed by atoms with van der Waals surface area (Å²) in [6, 6.07) is 11.0. The summed E-state index contributed by atoms with van der Waals surface area (Å²) in [5.41, 5.74) is 7.76. The summed E-state index contributed by atoms with van der Waals surface area (Å²) >= 11 is 0. The number of aromatic nitrogens is 2. The van der Waals surface area contributed by atoms with Gasteiger partial charge in [0.1, 0.15) is 0 Å². The van der Waals surface area contributed by atoms with Crippen LogP contribution in [0.1, 0.15) is 46.8 Å². The van der Waals surface area contributed by atoms with E-state index in [1.807, 2.05) is 13.1 Å². The van der Waals surface area contributed by atoms with Gasteiger partial charge in [-0.3, -0.25) is 9.88 Å². The van der Waals surface area contributed by atoms with E-state index in [0.29, 0.717) is 0 Å². The van der Waals surface area contributed by atoms with Gasteiger partial charge in [-0.05, 0) is 67.7 Å². The number of nitrogens with zero attached hydrogens (tertiary/aromatic N) is 2. The molecule has 0 atom stereocenters. The van der Waals surface area contributed by atoms with Crippen LogP contribution in [0.15, 0.2) is 36.5 Å². The third-order valence-corrected chi connectivity index (χ3v) is 5.74. The van der Waals surface area contributed by atoms with Crippen LogP contribution in [0.3, 0.4) is 0 Å². The monoisotopic (exact) mass is 329 g/mol. The number of benzene rings is 1. The maximum absolute atomic E-state index is 4.36. The summed E-state index contributed by atoms with van der Waals surface area (Å²) in [6.07, 6.45) is 8.86. The Hall–Kier alpha value is -2.39. The van der Waals surface area contributed by atoms with Crippen molar-refractivity contribution < 1.29 is 0 Å². The lowest BCUT2D eigenvalue weighted by atomic mass is 9.94. The van der Waals surface area contributed by atoms with Gasteiger partial charge in [-0.25, -0.2) is 0 Å². The van der Waals surface area contributed by atoms with Crippen molar-refractivity contribution in [3.05, 3.63) is 64.6 Å². The molecule has 0 radical (unpaired) electrons. The summed E-state index contributed by atoms with van der Waals surface area (Å²) in [5.74, 6) is 0.721. The van der Waals surface area contributed by atoms with Crippen LogP contribution in [0.4, 0.5) is 0 Å². The standard InChI is InChI=1S/C22H23N3/c1-15-2-3-17(13-23-15)5-4-16-6-7-21-19(12-16)20-14-25-10-8-18(9-11-25)22(20)24-21/h2-7,12-13,18,24H,8-11,14H2,1H3/b5-4+. The number of hydrogen-bond donors (Lipinski definition) is 1. The van der Waals surface area contributed by atoms with Gasteiger partial charge in [0.15, 0.2) is 0 Å². The van der Waals surface area contributed by atoms with Gasteiger partial charge in [0.2, 0.25) is 0 Å². The summed E-state index contributed by atoms with van der Waals surface area (Å²) < 4.78 is 0. The molecule has 3 heteroatoms. The highest BCUT2D eigenvalue weighted by atomic mass is 15.1. The number of aryl methyl sites for hydroxylation is 1. The van der Waals surface area contributed by atoms with E-state index in [9.17, 15) is 0 Å². The van der Waals surface area contributed by atoms with Crippen molar-refractivity contribution in [2.45, 2.75) is 32.2 Å². The molecule has 1 N–H and O–H groups in total. The van der Waals surface area contributed by atoms with Crippen LogP contribution in [0.2, 0.25) is 0 Å². The Morgan fingerprint density at radius 1 is 1.08 bits per heavy atom. The first-order chi connectivity index (χ1) is 12.3. The Bertz CT molecular complexity index is 941. The summed E-state index contributed by atoms with van der Waals surface area (Å²) in [4.78, 5) is 10.7. The number of pyridine rings is 1. The molecule has 3 aliphatic rings. The maximum Gasteiger partial charge on any atom is 0.0459 e. The van der Waals surface area contributed by atoms with Crippen molar-refractivity contribution in [2.24, 2.45) is 0 Å². The van der Waals surface area contributed by atoms with E-state index >= 15 is 0 Å². The molecule has 1 fully saturated rings. The van der Waals surface area contributed by atoms with Crippen LogP contribution in [-0.2, 0) is 6.54 Å². The van der Waals surface area contributed by atoms with E-state index in [4.69, 9.17) is 0 Å². The molecule has 0 unspecified atom stereocenters. The van der Waals surface area contributed by atoms with E-state index < -0.39 is 0 Å². The normalized spacial score (nSPS) is 22.4. The number of H-pyrrole nitrogens is 1. The number of nitrogens with one attached hydrogen (secondary N) is 1. The van der Waals surface area contributed by atoms with Crippen molar-refractivity contribution in [2.75, 3.05) is 13.1 Å². The molecule has 25 heavy (non-hydrogen) atoms. The number of aromatic amines is 1. The molecule has 2 aromatic heterocycles. The first-order valence-corrected chi connectivity index (χ1v) is 9.24. The van der Waals surface area contributed by atoms with Crippen LogP contribution in [-0.4, -0.2) is 28.0 Å². The molecule has 126 valence electrons. The van der Waals surface area contributed by atoms with Gasteiger partial charge in [-0.1, -0.05) is 24.3 Å². The van der Waals surface area contributed by atoms with Gasteiger partial charge in [0.05, 0.1) is 0 Å². The van der Waals surface area contributed by atoms with Crippen molar-refractivity contribution in [3.8, 4) is 0 Å². The van der Waals surface area contributed by atoms with Gasteiger partial charge >= 0.3 is 0 Å². The van der Waals surface area contributed by atoms with Crippen LogP contribution in [0, 0.1) is 6.92 Å². The lowest BCUT2D eigenvalue weighted by molar-refractivity contribution is 0.220. The minimum atomic E-state index is 0.721. The Morgan fingerprint density at radius 3 is 2.68 bits per heavy atom. The fourth-order valence-corrected chi connectivity index (χ4v) is 4.28. The van der Waals surface area contributed by atoms with Gasteiger partial charge in [0, 0.05) is 41.0 Å². The second-order valence-electron chi connectivity index (χ2n) is 7.44. The zero-order chi connectivity index (χ0) is 16.8. The zero-order valence-electron chi connectivity index (χ0n) is 14.6. The maximum atomic E-state index is 4.36. The zero-order valence-corrected chi connectivity index (χ0v) is 14.6. The van der Waals surface area contributed by atoms with E-state index in [1.54, 1.807) is 0 Å². The molecule has 5 heterocycles. The number of fused-ring (bicyclic) bond motifs is 3. The molecule has 0 aliphatic carbocycles. The molecular weight excluding hydrogens is 306 g/mol. The van der Waals surface area contributed by atoms with E-state index in [-0.39, 0.29) is 0 Å². The van der Waals surface area contributed by atoms with Gasteiger partial charge in [-0.15, -0.1) is 0 Å². The lowest BCUT2D eigenvalue weighted by Gasteiger charge is -2.26. The quantitative estimate of drug-likeness (QED) is 0.737. The van der Waals surface area contributed by atoms with Crippen molar-refractivity contribution >= 4 is 23.1 Å². The number of rotatable bonds is 2. The van der Waals surface area contributed by atoms with Crippen LogP contribution in [0.5, 0.6) is 0 Å². The third kappa shape index (κ3) is 2.69. The highest BCUT2D eigenvalue weighted by molar-refractivity contribution is 5.88. The minimum absolute atomic E-state index is 0.721. The molecule has 0 spiro atoms. The fraction of sp³-hybridized carbons (Fsp3) is 0.318. The van der Waals surface area contributed by atoms with Crippen LogP contribution >= 0.6 is 0 Å². The largest absolute Gasteiger partial charge is 0.358 e. The topological polar surface area (TPSA) is 31.9 Å². The fourth-order valence-electron chi connectivity index (χ4n) is 4.28. The molecule has 0 saturated carbocycles. The molecule has 6 rings (SSSR count). The van der Waals surface area contributed by atoms with E-state index in [2.05, 4.69) is 57.4 Å².